The summed E-state index contributed by atoms with van der Waals surface area (Å²) in [6.07, 6.45) is -5.51. The molecule has 1 heterocycles. The van der Waals surface area contributed by atoms with Gasteiger partial charge in [-0.3, -0.25) is 9.59 Å². The molecule has 0 saturated carbocycles. The van der Waals surface area contributed by atoms with E-state index in [-0.39, 0.29) is 31.8 Å². The summed E-state index contributed by atoms with van der Waals surface area (Å²) < 4.78 is 50.0. The number of ether oxygens (including phenoxy) is 2. The lowest BCUT2D eigenvalue weighted by molar-refractivity contribution is -0.136. The first kappa shape index (κ1) is 33.0. The number of Topliss-reactive ketones (excluding diaryl/α,β-unsaturated/α-hetero) is 1. The fraction of sp³-hybridized carbons (Fsp3) is 0.344. The highest BCUT2D eigenvalue weighted by molar-refractivity contribution is 5.97. The van der Waals surface area contributed by atoms with Crippen molar-refractivity contribution < 1.29 is 32.2 Å². The van der Waals surface area contributed by atoms with Gasteiger partial charge in [-0.15, -0.1) is 0 Å². The molecule has 1 atom stereocenters. The van der Waals surface area contributed by atoms with Crippen LogP contribution in [-0.2, 0) is 23.4 Å². The van der Waals surface area contributed by atoms with Crippen LogP contribution in [0.4, 0.5) is 13.2 Å². The zero-order valence-electron chi connectivity index (χ0n) is 25.1. The van der Waals surface area contributed by atoms with Gasteiger partial charge in [0.05, 0.1) is 25.8 Å². The topological polar surface area (TPSA) is 117 Å². The molecular weight excluding hydrogens is 591 g/mol. The average molecular weight is 626 g/mol. The number of aryl methyl sites for hydroxylation is 1. The molecule has 4 aromatic rings. The molecule has 1 N–H and O–H groups in total. The lowest BCUT2D eigenvalue weighted by Crippen LogP contribution is -2.47. The number of aromatic nitrogens is 4. The molecule has 0 bridgehead atoms. The lowest BCUT2D eigenvalue weighted by atomic mass is 9.85. The summed E-state index contributed by atoms with van der Waals surface area (Å²) in [5.41, 5.74) is 0.961. The Labute approximate surface area is 257 Å². The van der Waals surface area contributed by atoms with Crippen molar-refractivity contribution in [2.24, 2.45) is 0 Å². The van der Waals surface area contributed by atoms with E-state index in [2.05, 4.69) is 15.7 Å². The second-order valence-corrected chi connectivity index (χ2v) is 10.9. The van der Waals surface area contributed by atoms with Crippen LogP contribution >= 0.6 is 0 Å². The molecule has 0 fully saturated rings. The monoisotopic (exact) mass is 625 g/mol. The molecule has 13 heteroatoms. The number of hydrogen-bond donors (Lipinski definition) is 1. The Hall–Kier alpha value is -4.94. The van der Waals surface area contributed by atoms with Gasteiger partial charge >= 0.3 is 11.9 Å². The number of hydrogen-bond acceptors (Lipinski definition) is 7. The number of carbonyl (C=O) groups is 2. The number of nitrogens with one attached hydrogen (secondary N) is 1. The second kappa shape index (κ2) is 14.2. The Morgan fingerprint density at radius 3 is 2.13 bits per heavy atom. The Bertz CT molecular complexity index is 1650. The number of halogens is 3. The summed E-state index contributed by atoms with van der Waals surface area (Å²) in [5.74, 6) is 0.200. The van der Waals surface area contributed by atoms with Crippen molar-refractivity contribution in [2.75, 3.05) is 13.7 Å². The highest BCUT2D eigenvalue weighted by Crippen LogP contribution is 2.29. The highest BCUT2D eigenvalue weighted by Gasteiger charge is 2.32. The van der Waals surface area contributed by atoms with Gasteiger partial charge in [0.25, 0.3) is 0 Å². The number of alkyl halides is 3. The molecular formula is C32H34F3N5O5. The van der Waals surface area contributed by atoms with Gasteiger partial charge in [0.15, 0.2) is 5.78 Å². The minimum absolute atomic E-state index is 0.118. The maximum atomic E-state index is 13.3. The lowest BCUT2D eigenvalue weighted by Gasteiger charge is -2.31. The number of methoxy groups -OCH3 is 1. The highest BCUT2D eigenvalue weighted by atomic mass is 19.4. The summed E-state index contributed by atoms with van der Waals surface area (Å²) >= 11 is 0. The summed E-state index contributed by atoms with van der Waals surface area (Å²) in [6, 6.07) is 20.5. The third-order valence-electron chi connectivity index (χ3n) is 7.15. The fourth-order valence-electron chi connectivity index (χ4n) is 4.65. The van der Waals surface area contributed by atoms with Crippen LogP contribution in [0.1, 0.15) is 53.2 Å². The fourth-order valence-corrected chi connectivity index (χ4v) is 4.65. The van der Waals surface area contributed by atoms with E-state index in [0.29, 0.717) is 22.6 Å². The van der Waals surface area contributed by atoms with Gasteiger partial charge in [0.1, 0.15) is 18.0 Å². The number of carbonyl (C=O) groups excluding carboxylic acids is 2. The van der Waals surface area contributed by atoms with Gasteiger partial charge < -0.3 is 14.8 Å². The van der Waals surface area contributed by atoms with E-state index in [1.54, 1.807) is 74.7 Å². The maximum Gasteiger partial charge on any atom is 0.389 e. The van der Waals surface area contributed by atoms with Gasteiger partial charge in [-0.05, 0) is 66.1 Å². The van der Waals surface area contributed by atoms with Crippen molar-refractivity contribution in [2.45, 2.75) is 57.9 Å². The molecule has 0 aliphatic heterocycles. The number of tetrazole rings is 1. The summed E-state index contributed by atoms with van der Waals surface area (Å²) in [6.45, 7) is 3.15. The molecule has 0 radical (unpaired) electrons. The molecule has 3 aromatic carbocycles. The Morgan fingerprint density at radius 2 is 1.51 bits per heavy atom. The van der Waals surface area contributed by atoms with Gasteiger partial charge in [0, 0.05) is 18.4 Å². The van der Waals surface area contributed by atoms with Crippen LogP contribution in [0.5, 0.6) is 11.5 Å². The number of amides is 1. The average Bonchev–Trinajstić information content (AvgIpc) is 3.33. The van der Waals surface area contributed by atoms with Crippen LogP contribution < -0.4 is 20.5 Å². The minimum atomic E-state index is -4.26. The molecule has 1 amide bonds. The second-order valence-electron chi connectivity index (χ2n) is 10.9. The molecule has 0 saturated heterocycles. The van der Waals surface area contributed by atoms with Gasteiger partial charge in [-0.25, -0.2) is 4.79 Å². The number of ketones is 1. The zero-order valence-corrected chi connectivity index (χ0v) is 25.1. The predicted octanol–water partition coefficient (Wildman–Crippen LogP) is 4.83. The zero-order chi connectivity index (χ0) is 32.6. The number of benzene rings is 3. The van der Waals surface area contributed by atoms with Gasteiger partial charge in [0.2, 0.25) is 5.91 Å². The van der Waals surface area contributed by atoms with Crippen LogP contribution in [0.3, 0.4) is 0 Å². The van der Waals surface area contributed by atoms with Gasteiger partial charge in [-0.2, -0.15) is 22.5 Å². The first-order chi connectivity index (χ1) is 21.3. The van der Waals surface area contributed by atoms with Crippen molar-refractivity contribution in [3.05, 3.63) is 106 Å². The Morgan fingerprint density at radius 1 is 0.889 bits per heavy atom. The standard InChI is InChI=1S/C32H34F3N5O5/c1-22-5-9-24(10-6-22)28(41)19-31(2,25-11-15-27(16-12-25)45-18-4-17-32(33,34)35)36-29(42)21-40-30(43)39(37-38-40)20-23-7-13-26(44-3)14-8-23/h5-16H,4,17-21H2,1-3H3,(H,36,42)/t31-/m0/s1. The Kier molecular flexibility index (Phi) is 10.4. The van der Waals surface area contributed by atoms with Crippen molar-refractivity contribution in [1.29, 1.82) is 0 Å². The van der Waals surface area contributed by atoms with E-state index < -0.39 is 36.3 Å². The van der Waals surface area contributed by atoms with E-state index in [1.165, 1.54) is 0 Å². The predicted molar refractivity (Wildman–Crippen MR) is 159 cm³/mol. The summed E-state index contributed by atoms with van der Waals surface area (Å²) in [7, 11) is 1.55. The molecule has 0 spiro atoms. The third-order valence-corrected chi connectivity index (χ3v) is 7.15. The van der Waals surface area contributed by atoms with Crippen LogP contribution in [0.15, 0.2) is 77.6 Å². The van der Waals surface area contributed by atoms with Crippen LogP contribution in [-0.4, -0.2) is 51.4 Å². The van der Waals surface area contributed by atoms with E-state index >= 15 is 0 Å². The van der Waals surface area contributed by atoms with Crippen LogP contribution in [0.2, 0.25) is 0 Å². The molecule has 10 nitrogen and oxygen atoms in total. The maximum absolute atomic E-state index is 13.3. The minimum Gasteiger partial charge on any atom is -0.497 e. The summed E-state index contributed by atoms with van der Waals surface area (Å²) in [4.78, 5) is 39.5. The Balaban J connectivity index is 1.49. The smallest absolute Gasteiger partial charge is 0.389 e. The molecule has 45 heavy (non-hydrogen) atoms. The van der Waals surface area contributed by atoms with E-state index in [9.17, 15) is 27.6 Å². The summed E-state index contributed by atoms with van der Waals surface area (Å²) in [5, 5.41) is 10.6. The number of rotatable bonds is 14. The van der Waals surface area contributed by atoms with Crippen molar-refractivity contribution >= 4 is 11.7 Å². The molecule has 0 unspecified atom stereocenters. The van der Waals surface area contributed by atoms with Crippen LogP contribution in [0.25, 0.3) is 0 Å². The van der Waals surface area contributed by atoms with Crippen molar-refractivity contribution in [3.8, 4) is 11.5 Å². The molecule has 4 rings (SSSR count). The van der Waals surface area contributed by atoms with Gasteiger partial charge in [-0.1, -0.05) is 54.1 Å². The third kappa shape index (κ3) is 9.27. The number of nitrogens with zero attached hydrogens (tertiary/aromatic N) is 4. The SMILES string of the molecule is COc1ccc(Cn2nnn(CC(=O)N[C@@](C)(CC(=O)c3ccc(C)cc3)c3ccc(OCCCC(F)(F)F)cc3)c2=O)cc1. The quantitative estimate of drug-likeness (QED) is 0.158. The van der Waals surface area contributed by atoms with Crippen LogP contribution in [0, 0.1) is 6.92 Å². The largest absolute Gasteiger partial charge is 0.497 e. The molecule has 1 aromatic heterocycles. The van der Waals surface area contributed by atoms with E-state index in [0.717, 1.165) is 20.5 Å². The van der Waals surface area contributed by atoms with Crippen molar-refractivity contribution in [3.63, 3.8) is 0 Å². The first-order valence-electron chi connectivity index (χ1n) is 14.2. The molecule has 0 aliphatic rings. The van der Waals surface area contributed by atoms with E-state index in [1.807, 2.05) is 19.1 Å². The van der Waals surface area contributed by atoms with E-state index in [4.69, 9.17) is 9.47 Å². The van der Waals surface area contributed by atoms with Crippen molar-refractivity contribution in [1.82, 2.24) is 25.1 Å². The molecule has 238 valence electrons. The normalized spacial score (nSPS) is 12.8. The first-order valence-corrected chi connectivity index (χ1v) is 14.2. The molecule has 0 aliphatic carbocycles.